The van der Waals surface area contributed by atoms with Gasteiger partial charge in [-0.05, 0) is 53.0 Å². The maximum atomic E-state index is 12.3. The van der Waals surface area contributed by atoms with E-state index in [1.54, 1.807) is 0 Å². The van der Waals surface area contributed by atoms with E-state index in [1.807, 2.05) is 11.0 Å². The Hall–Kier alpha value is -1.88. The zero-order valence-corrected chi connectivity index (χ0v) is 15.2. The zero-order chi connectivity index (χ0) is 17.3. The van der Waals surface area contributed by atoms with Crippen LogP contribution in [-0.4, -0.2) is 58.5 Å². The highest BCUT2D eigenvalue weighted by molar-refractivity contribution is 5.81. The molecule has 0 unspecified atom stereocenters. The minimum atomic E-state index is 0.201. The predicted octanol–water partition coefficient (Wildman–Crippen LogP) is 2.71. The summed E-state index contributed by atoms with van der Waals surface area (Å²) in [6, 6.07) is 8.56. The number of carbonyl (C=O) groups excluding carboxylic acids is 1. The summed E-state index contributed by atoms with van der Waals surface area (Å²) in [5.74, 6) is 1.53. The molecule has 2 aromatic rings. The van der Waals surface area contributed by atoms with Gasteiger partial charge in [0.05, 0.1) is 11.0 Å². The van der Waals surface area contributed by atoms with E-state index in [9.17, 15) is 4.79 Å². The van der Waals surface area contributed by atoms with E-state index in [2.05, 4.69) is 55.6 Å². The first kappa shape index (κ1) is 17.0. The molecule has 0 N–H and O–H groups in total. The van der Waals surface area contributed by atoms with Crippen LogP contribution in [0.15, 0.2) is 24.3 Å². The molecule has 0 saturated carbocycles. The van der Waals surface area contributed by atoms with Crippen molar-refractivity contribution < 1.29 is 4.79 Å². The van der Waals surface area contributed by atoms with Crippen LogP contribution in [0, 0.1) is 0 Å². The van der Waals surface area contributed by atoms with Gasteiger partial charge in [-0.25, -0.2) is 4.98 Å². The van der Waals surface area contributed by atoms with Crippen molar-refractivity contribution in [2.75, 3.05) is 27.2 Å². The molecule has 0 aliphatic carbocycles. The van der Waals surface area contributed by atoms with Crippen molar-refractivity contribution >= 4 is 16.9 Å². The molecule has 1 aliphatic heterocycles. The van der Waals surface area contributed by atoms with Gasteiger partial charge in [-0.3, -0.25) is 4.79 Å². The topological polar surface area (TPSA) is 41.4 Å². The van der Waals surface area contributed by atoms with Gasteiger partial charge in [0.15, 0.2) is 0 Å². The van der Waals surface area contributed by atoms with Gasteiger partial charge in [0.2, 0.25) is 5.91 Å². The molecule has 5 heteroatoms. The van der Waals surface area contributed by atoms with Crippen molar-refractivity contribution in [3.8, 4) is 0 Å². The lowest BCUT2D eigenvalue weighted by atomic mass is 10.1. The van der Waals surface area contributed by atoms with Crippen LogP contribution in [0.4, 0.5) is 0 Å². The van der Waals surface area contributed by atoms with Gasteiger partial charge in [0.1, 0.15) is 5.82 Å². The van der Waals surface area contributed by atoms with Gasteiger partial charge in [0, 0.05) is 31.5 Å². The number of fused-ring (bicyclic) bond motifs is 1. The van der Waals surface area contributed by atoms with E-state index in [1.165, 1.54) is 5.52 Å². The van der Waals surface area contributed by atoms with Crippen LogP contribution in [0.1, 0.15) is 38.4 Å². The normalized spacial score (nSPS) is 18.5. The average Bonchev–Trinajstić information content (AvgIpc) is 3.08. The third-order valence-corrected chi connectivity index (χ3v) is 4.82. The second-order valence-electron chi connectivity index (χ2n) is 7.31. The summed E-state index contributed by atoms with van der Waals surface area (Å²) in [4.78, 5) is 21.4. The second-order valence-corrected chi connectivity index (χ2v) is 7.31. The summed E-state index contributed by atoms with van der Waals surface area (Å²) in [7, 11) is 4.20. The number of aryl methyl sites for hydroxylation is 1. The van der Waals surface area contributed by atoms with E-state index in [-0.39, 0.29) is 17.9 Å². The van der Waals surface area contributed by atoms with Crippen LogP contribution >= 0.6 is 0 Å². The fourth-order valence-corrected chi connectivity index (χ4v) is 3.59. The molecule has 24 heavy (non-hydrogen) atoms. The molecule has 0 radical (unpaired) electrons. The average molecular weight is 328 g/mol. The Morgan fingerprint density at radius 1 is 1.29 bits per heavy atom. The molecular formula is C19H28N4O. The maximum Gasteiger partial charge on any atom is 0.223 e. The van der Waals surface area contributed by atoms with Crippen LogP contribution in [0.2, 0.25) is 0 Å². The van der Waals surface area contributed by atoms with Gasteiger partial charge in [-0.2, -0.15) is 0 Å². The predicted molar refractivity (Wildman–Crippen MR) is 97.1 cm³/mol. The second kappa shape index (κ2) is 6.93. The summed E-state index contributed by atoms with van der Waals surface area (Å²) >= 11 is 0. The molecule has 1 fully saturated rings. The maximum absolute atomic E-state index is 12.3. The van der Waals surface area contributed by atoms with Crippen LogP contribution < -0.4 is 0 Å². The lowest BCUT2D eigenvalue weighted by Crippen LogP contribution is -2.32. The Kier molecular flexibility index (Phi) is 4.90. The molecule has 1 aromatic carbocycles. The van der Waals surface area contributed by atoms with Crippen molar-refractivity contribution in [1.82, 2.24) is 19.4 Å². The molecule has 1 atom stereocenters. The standard InChI is InChI=1S/C19H28N4O/c1-14(2)23-13-15(12-18(23)24)19-20-16-8-5-6-9-17(16)22(19)11-7-10-21(3)4/h5-6,8-9,14-15H,7,10-13H2,1-4H3/t15-/m0/s1. The Morgan fingerprint density at radius 2 is 2.04 bits per heavy atom. The summed E-state index contributed by atoms with van der Waals surface area (Å²) in [5.41, 5.74) is 2.22. The molecule has 0 spiro atoms. The molecule has 1 aromatic heterocycles. The highest BCUT2D eigenvalue weighted by Crippen LogP contribution is 2.31. The number of likely N-dealkylation sites (tertiary alicyclic amines) is 1. The molecule has 3 rings (SSSR count). The van der Waals surface area contributed by atoms with Crippen molar-refractivity contribution in [3.63, 3.8) is 0 Å². The summed E-state index contributed by atoms with van der Waals surface area (Å²) < 4.78 is 2.33. The minimum Gasteiger partial charge on any atom is -0.340 e. The van der Waals surface area contributed by atoms with E-state index in [0.717, 1.165) is 37.4 Å². The molecule has 1 amide bonds. The molecule has 5 nitrogen and oxygen atoms in total. The third kappa shape index (κ3) is 3.31. The van der Waals surface area contributed by atoms with Crippen LogP contribution in [-0.2, 0) is 11.3 Å². The number of para-hydroxylation sites is 2. The van der Waals surface area contributed by atoms with Crippen molar-refractivity contribution in [3.05, 3.63) is 30.1 Å². The first-order valence-corrected chi connectivity index (χ1v) is 8.86. The number of nitrogens with zero attached hydrogens (tertiary/aromatic N) is 4. The number of benzene rings is 1. The Morgan fingerprint density at radius 3 is 2.71 bits per heavy atom. The summed E-state index contributed by atoms with van der Waals surface area (Å²) in [6.45, 7) is 6.95. The van der Waals surface area contributed by atoms with E-state index in [4.69, 9.17) is 4.98 Å². The van der Waals surface area contributed by atoms with E-state index < -0.39 is 0 Å². The number of hydrogen-bond donors (Lipinski definition) is 0. The molecule has 0 bridgehead atoms. The molecule has 130 valence electrons. The summed E-state index contributed by atoms with van der Waals surface area (Å²) in [5, 5.41) is 0. The Labute approximate surface area is 144 Å². The zero-order valence-electron chi connectivity index (χ0n) is 15.2. The fraction of sp³-hybridized carbons (Fsp3) is 0.579. The molecule has 1 aliphatic rings. The quantitative estimate of drug-likeness (QED) is 0.819. The highest BCUT2D eigenvalue weighted by atomic mass is 16.2. The lowest BCUT2D eigenvalue weighted by Gasteiger charge is -2.21. The first-order valence-electron chi connectivity index (χ1n) is 8.86. The number of hydrogen-bond acceptors (Lipinski definition) is 3. The lowest BCUT2D eigenvalue weighted by molar-refractivity contribution is -0.129. The first-order chi connectivity index (χ1) is 11.5. The van der Waals surface area contributed by atoms with Gasteiger partial charge in [-0.1, -0.05) is 12.1 Å². The highest BCUT2D eigenvalue weighted by Gasteiger charge is 2.35. The monoisotopic (exact) mass is 328 g/mol. The van der Waals surface area contributed by atoms with Crippen molar-refractivity contribution in [2.24, 2.45) is 0 Å². The number of aromatic nitrogens is 2. The third-order valence-electron chi connectivity index (χ3n) is 4.82. The number of rotatable bonds is 6. The number of imidazole rings is 1. The van der Waals surface area contributed by atoms with Gasteiger partial charge < -0.3 is 14.4 Å². The Balaban J connectivity index is 1.90. The van der Waals surface area contributed by atoms with Crippen molar-refractivity contribution in [1.29, 1.82) is 0 Å². The minimum absolute atomic E-state index is 0.201. The number of carbonyl (C=O) groups is 1. The Bertz CT molecular complexity index is 719. The molecule has 2 heterocycles. The molecule has 1 saturated heterocycles. The van der Waals surface area contributed by atoms with Crippen molar-refractivity contribution in [2.45, 2.75) is 45.2 Å². The van der Waals surface area contributed by atoms with Gasteiger partial charge in [0.25, 0.3) is 0 Å². The van der Waals surface area contributed by atoms with Crippen LogP contribution in [0.5, 0.6) is 0 Å². The molecular weight excluding hydrogens is 300 g/mol. The van der Waals surface area contributed by atoms with E-state index in [0.29, 0.717) is 6.42 Å². The SMILES string of the molecule is CC(C)N1C[C@@H](c2nc3ccccc3n2CCCN(C)C)CC1=O. The summed E-state index contributed by atoms with van der Waals surface area (Å²) in [6.07, 6.45) is 1.66. The van der Waals surface area contributed by atoms with Gasteiger partial charge in [-0.15, -0.1) is 0 Å². The smallest absolute Gasteiger partial charge is 0.223 e. The van der Waals surface area contributed by atoms with Crippen LogP contribution in [0.25, 0.3) is 11.0 Å². The number of amides is 1. The van der Waals surface area contributed by atoms with Gasteiger partial charge >= 0.3 is 0 Å². The largest absolute Gasteiger partial charge is 0.340 e. The van der Waals surface area contributed by atoms with E-state index >= 15 is 0 Å². The fourth-order valence-electron chi connectivity index (χ4n) is 3.59. The van der Waals surface area contributed by atoms with Crippen LogP contribution in [0.3, 0.4) is 0 Å².